The largest absolute Gasteiger partial charge is 0.486 e. The predicted molar refractivity (Wildman–Crippen MR) is 77.9 cm³/mol. The molecule has 1 aromatic rings. The van der Waals surface area contributed by atoms with Gasteiger partial charge in [0.15, 0.2) is 11.5 Å². The summed E-state index contributed by atoms with van der Waals surface area (Å²) in [6.07, 6.45) is 3.73. The summed E-state index contributed by atoms with van der Waals surface area (Å²) in [5, 5.41) is 3.37. The van der Waals surface area contributed by atoms with Gasteiger partial charge in [0.1, 0.15) is 12.7 Å². The van der Waals surface area contributed by atoms with E-state index in [2.05, 4.69) is 19.2 Å². The Balaban J connectivity index is 1.90. The van der Waals surface area contributed by atoms with Gasteiger partial charge in [-0.3, -0.25) is 0 Å². The molecule has 1 heterocycles. The summed E-state index contributed by atoms with van der Waals surface area (Å²) in [4.78, 5) is 0. The smallest absolute Gasteiger partial charge is 0.161 e. The van der Waals surface area contributed by atoms with Gasteiger partial charge < -0.3 is 14.8 Å². The molecule has 0 bridgehead atoms. The van der Waals surface area contributed by atoms with Gasteiger partial charge in [0.2, 0.25) is 0 Å². The van der Waals surface area contributed by atoms with E-state index in [4.69, 9.17) is 9.47 Å². The highest BCUT2D eigenvalue weighted by Gasteiger charge is 2.27. The van der Waals surface area contributed by atoms with Crippen LogP contribution in [-0.2, 0) is 0 Å². The summed E-state index contributed by atoms with van der Waals surface area (Å²) in [7, 11) is 2.00. The summed E-state index contributed by atoms with van der Waals surface area (Å²) in [5.41, 5.74) is 0. The van der Waals surface area contributed by atoms with E-state index in [1.807, 2.05) is 31.3 Å². The molecule has 0 spiro atoms. The van der Waals surface area contributed by atoms with Crippen molar-refractivity contribution in [1.29, 1.82) is 0 Å². The van der Waals surface area contributed by atoms with E-state index in [1.54, 1.807) is 0 Å². The topological polar surface area (TPSA) is 30.5 Å². The predicted octanol–water partition coefficient (Wildman–Crippen LogP) is 3.24. The lowest BCUT2D eigenvalue weighted by molar-refractivity contribution is 0.0607. The summed E-state index contributed by atoms with van der Waals surface area (Å²) < 4.78 is 11.8. The molecule has 0 fully saturated rings. The van der Waals surface area contributed by atoms with Gasteiger partial charge in [0.25, 0.3) is 0 Å². The Bertz CT molecular complexity index is 392. The first-order chi connectivity index (χ1) is 9.20. The molecule has 0 saturated carbocycles. The quantitative estimate of drug-likeness (QED) is 0.854. The number of ether oxygens (including phenoxy) is 2. The SMILES string of the molecule is CNC(CCCC(C)C)C1COc2ccccc2O1. The van der Waals surface area contributed by atoms with E-state index in [9.17, 15) is 0 Å². The van der Waals surface area contributed by atoms with Crippen molar-refractivity contribution in [1.82, 2.24) is 5.32 Å². The van der Waals surface area contributed by atoms with E-state index in [0.717, 1.165) is 23.8 Å². The Hall–Kier alpha value is -1.22. The number of nitrogens with one attached hydrogen (secondary N) is 1. The molecule has 1 aromatic carbocycles. The van der Waals surface area contributed by atoms with Gasteiger partial charge in [-0.15, -0.1) is 0 Å². The first kappa shape index (κ1) is 14.2. The lowest BCUT2D eigenvalue weighted by Gasteiger charge is -2.32. The molecule has 1 aliphatic heterocycles. The van der Waals surface area contributed by atoms with E-state index in [0.29, 0.717) is 12.6 Å². The van der Waals surface area contributed by atoms with E-state index < -0.39 is 0 Å². The third kappa shape index (κ3) is 3.87. The standard InChI is InChI=1S/C16H25NO2/c1-12(2)7-6-8-13(17-3)16-11-18-14-9-4-5-10-15(14)19-16/h4-5,9-10,12-13,16-17H,6-8,11H2,1-3H3. The van der Waals surface area contributed by atoms with Gasteiger partial charge in [-0.05, 0) is 31.5 Å². The lowest BCUT2D eigenvalue weighted by atomic mass is 10.00. The molecule has 3 nitrogen and oxygen atoms in total. The van der Waals surface area contributed by atoms with Crippen LogP contribution in [0, 0.1) is 5.92 Å². The molecule has 1 N–H and O–H groups in total. The van der Waals surface area contributed by atoms with Gasteiger partial charge >= 0.3 is 0 Å². The normalized spacial score (nSPS) is 19.5. The second-order valence-corrected chi connectivity index (χ2v) is 5.63. The Morgan fingerprint density at radius 2 is 1.95 bits per heavy atom. The first-order valence-electron chi connectivity index (χ1n) is 7.26. The van der Waals surface area contributed by atoms with Crippen LogP contribution in [0.4, 0.5) is 0 Å². The van der Waals surface area contributed by atoms with Crippen molar-refractivity contribution >= 4 is 0 Å². The lowest BCUT2D eigenvalue weighted by Crippen LogP contribution is -2.46. The highest BCUT2D eigenvalue weighted by molar-refractivity contribution is 5.40. The molecule has 0 saturated heterocycles. The van der Waals surface area contributed by atoms with Crippen LogP contribution in [-0.4, -0.2) is 25.8 Å². The highest BCUT2D eigenvalue weighted by atomic mass is 16.6. The van der Waals surface area contributed by atoms with Crippen LogP contribution in [0.2, 0.25) is 0 Å². The number of rotatable bonds is 6. The van der Waals surface area contributed by atoms with E-state index >= 15 is 0 Å². The molecule has 0 aromatic heterocycles. The average molecular weight is 263 g/mol. The summed E-state index contributed by atoms with van der Waals surface area (Å²) in [5.74, 6) is 2.49. The fourth-order valence-corrected chi connectivity index (χ4v) is 2.50. The third-order valence-electron chi connectivity index (χ3n) is 3.65. The zero-order chi connectivity index (χ0) is 13.7. The minimum absolute atomic E-state index is 0.104. The van der Waals surface area contributed by atoms with Gasteiger partial charge in [-0.25, -0.2) is 0 Å². The fraction of sp³-hybridized carbons (Fsp3) is 0.625. The number of hydrogen-bond donors (Lipinski definition) is 1. The Labute approximate surface area is 116 Å². The van der Waals surface area contributed by atoms with Crippen molar-refractivity contribution in [3.05, 3.63) is 24.3 Å². The molecule has 3 heteroatoms. The zero-order valence-corrected chi connectivity index (χ0v) is 12.2. The van der Waals surface area contributed by atoms with Crippen LogP contribution in [0.25, 0.3) is 0 Å². The molecule has 0 aliphatic carbocycles. The van der Waals surface area contributed by atoms with Crippen molar-refractivity contribution in [2.75, 3.05) is 13.7 Å². The molecule has 1 aliphatic rings. The van der Waals surface area contributed by atoms with Crippen LogP contribution in [0.1, 0.15) is 33.1 Å². The Morgan fingerprint density at radius 1 is 1.21 bits per heavy atom. The van der Waals surface area contributed by atoms with Gasteiger partial charge in [0, 0.05) is 6.04 Å². The Kier molecular flexibility index (Phi) is 5.08. The molecule has 0 amide bonds. The number of benzene rings is 1. The van der Waals surface area contributed by atoms with E-state index in [-0.39, 0.29) is 6.10 Å². The van der Waals surface area contributed by atoms with Crippen LogP contribution in [0.15, 0.2) is 24.3 Å². The van der Waals surface area contributed by atoms with Gasteiger partial charge in [-0.2, -0.15) is 0 Å². The van der Waals surface area contributed by atoms with Crippen molar-refractivity contribution in [3.8, 4) is 11.5 Å². The minimum Gasteiger partial charge on any atom is -0.486 e. The van der Waals surface area contributed by atoms with E-state index in [1.165, 1.54) is 12.8 Å². The Morgan fingerprint density at radius 3 is 2.63 bits per heavy atom. The number of fused-ring (bicyclic) bond motifs is 1. The molecule has 2 atom stereocenters. The second kappa shape index (κ2) is 6.80. The molecule has 2 unspecified atom stereocenters. The number of hydrogen-bond acceptors (Lipinski definition) is 3. The van der Waals surface area contributed by atoms with Crippen LogP contribution < -0.4 is 14.8 Å². The van der Waals surface area contributed by atoms with Crippen molar-refractivity contribution in [3.63, 3.8) is 0 Å². The maximum atomic E-state index is 6.05. The monoisotopic (exact) mass is 263 g/mol. The molecular formula is C16H25NO2. The van der Waals surface area contributed by atoms with Crippen LogP contribution in [0.5, 0.6) is 11.5 Å². The molecular weight excluding hydrogens is 238 g/mol. The minimum atomic E-state index is 0.104. The van der Waals surface area contributed by atoms with Crippen LogP contribution in [0.3, 0.4) is 0 Å². The van der Waals surface area contributed by atoms with Crippen molar-refractivity contribution in [2.45, 2.75) is 45.3 Å². The maximum Gasteiger partial charge on any atom is 0.161 e. The van der Waals surface area contributed by atoms with Crippen molar-refractivity contribution in [2.24, 2.45) is 5.92 Å². The summed E-state index contributed by atoms with van der Waals surface area (Å²) in [6, 6.07) is 8.24. The summed E-state index contributed by atoms with van der Waals surface area (Å²) >= 11 is 0. The average Bonchev–Trinajstić information content (AvgIpc) is 2.43. The summed E-state index contributed by atoms with van der Waals surface area (Å²) in [6.45, 7) is 5.17. The number of likely N-dealkylation sites (N-methyl/N-ethyl adjacent to an activating group) is 1. The van der Waals surface area contributed by atoms with Gasteiger partial charge in [0.05, 0.1) is 0 Å². The number of para-hydroxylation sites is 2. The first-order valence-corrected chi connectivity index (χ1v) is 7.26. The molecule has 0 radical (unpaired) electrons. The molecule has 19 heavy (non-hydrogen) atoms. The maximum absolute atomic E-state index is 6.05. The van der Waals surface area contributed by atoms with Gasteiger partial charge in [-0.1, -0.05) is 38.8 Å². The van der Waals surface area contributed by atoms with Crippen LogP contribution >= 0.6 is 0 Å². The fourth-order valence-electron chi connectivity index (χ4n) is 2.50. The highest BCUT2D eigenvalue weighted by Crippen LogP contribution is 2.32. The molecule has 106 valence electrons. The zero-order valence-electron chi connectivity index (χ0n) is 12.2. The van der Waals surface area contributed by atoms with Crippen molar-refractivity contribution < 1.29 is 9.47 Å². The second-order valence-electron chi connectivity index (χ2n) is 5.63. The third-order valence-corrected chi connectivity index (χ3v) is 3.65. The molecule has 2 rings (SSSR count).